The zero-order valence-corrected chi connectivity index (χ0v) is 12.4. The Bertz CT molecular complexity index is 718. The molecule has 0 radical (unpaired) electrons. The monoisotopic (exact) mass is 280 g/mol. The van der Waals surface area contributed by atoms with E-state index in [1.165, 1.54) is 22.2 Å². The molecular formula is C18H20N2O. The lowest BCUT2D eigenvalue weighted by Gasteiger charge is -2.09. The van der Waals surface area contributed by atoms with Crippen molar-refractivity contribution >= 4 is 16.6 Å². The number of hydrogen-bond donors (Lipinski definition) is 2. The van der Waals surface area contributed by atoms with Crippen LogP contribution in [0.4, 0.5) is 5.69 Å². The second-order valence-electron chi connectivity index (χ2n) is 5.36. The molecule has 0 fully saturated rings. The molecule has 0 aliphatic heterocycles. The summed E-state index contributed by atoms with van der Waals surface area (Å²) < 4.78 is 2.25. The molecule has 0 amide bonds. The first-order valence-electron chi connectivity index (χ1n) is 7.17. The van der Waals surface area contributed by atoms with Crippen LogP contribution in [0, 0.1) is 6.92 Å². The Labute approximate surface area is 124 Å². The number of anilines is 1. The number of para-hydroxylation sites is 1. The topological polar surface area (TPSA) is 37.2 Å². The fourth-order valence-electron chi connectivity index (χ4n) is 2.80. The molecule has 1 heterocycles. The standard InChI is InChI=1S/C18H20N2O/c1-13-16-5-3-4-6-17(16)20(2)18(13)11-19-15-9-7-14(12-21)8-10-15/h3-10,19,21H,11-12H2,1-2H3. The summed E-state index contributed by atoms with van der Waals surface area (Å²) in [5, 5.41) is 13.8. The van der Waals surface area contributed by atoms with Gasteiger partial charge in [0.2, 0.25) is 0 Å². The van der Waals surface area contributed by atoms with Gasteiger partial charge < -0.3 is 15.0 Å². The van der Waals surface area contributed by atoms with Crippen LogP contribution in [0.1, 0.15) is 16.8 Å². The number of aliphatic hydroxyl groups is 1. The molecule has 0 aliphatic rings. The highest BCUT2D eigenvalue weighted by Gasteiger charge is 2.10. The molecule has 0 spiro atoms. The van der Waals surface area contributed by atoms with Gasteiger partial charge in [-0.25, -0.2) is 0 Å². The second kappa shape index (κ2) is 5.62. The minimum atomic E-state index is 0.0859. The molecule has 0 saturated carbocycles. The highest BCUT2D eigenvalue weighted by Crippen LogP contribution is 2.25. The first kappa shape index (κ1) is 13.7. The molecule has 3 aromatic rings. The first-order valence-corrected chi connectivity index (χ1v) is 7.17. The van der Waals surface area contributed by atoms with E-state index < -0.39 is 0 Å². The third-order valence-electron chi connectivity index (χ3n) is 4.10. The SMILES string of the molecule is Cc1c(CNc2ccc(CO)cc2)n(C)c2ccccc12. The van der Waals surface area contributed by atoms with E-state index in [2.05, 4.69) is 48.1 Å². The molecule has 3 rings (SSSR count). The van der Waals surface area contributed by atoms with Crippen LogP contribution in [-0.2, 0) is 20.2 Å². The molecule has 3 heteroatoms. The van der Waals surface area contributed by atoms with Crippen LogP contribution in [0.2, 0.25) is 0 Å². The molecule has 0 unspecified atom stereocenters. The third-order valence-corrected chi connectivity index (χ3v) is 4.10. The second-order valence-corrected chi connectivity index (χ2v) is 5.36. The quantitative estimate of drug-likeness (QED) is 0.766. The third kappa shape index (κ3) is 2.52. The number of aliphatic hydroxyl groups excluding tert-OH is 1. The minimum Gasteiger partial charge on any atom is -0.392 e. The van der Waals surface area contributed by atoms with Gasteiger partial charge in [0.25, 0.3) is 0 Å². The lowest BCUT2D eigenvalue weighted by atomic mass is 10.1. The van der Waals surface area contributed by atoms with Gasteiger partial charge in [0.05, 0.1) is 13.2 Å². The van der Waals surface area contributed by atoms with Gasteiger partial charge in [-0.1, -0.05) is 30.3 Å². The number of nitrogens with zero attached hydrogens (tertiary/aromatic N) is 1. The van der Waals surface area contributed by atoms with E-state index in [4.69, 9.17) is 5.11 Å². The smallest absolute Gasteiger partial charge is 0.0681 e. The first-order chi connectivity index (χ1) is 10.2. The molecule has 1 aromatic heterocycles. The average molecular weight is 280 g/mol. The summed E-state index contributed by atoms with van der Waals surface area (Å²) >= 11 is 0. The van der Waals surface area contributed by atoms with E-state index in [1.807, 2.05) is 24.3 Å². The number of benzene rings is 2. The number of aryl methyl sites for hydroxylation is 2. The van der Waals surface area contributed by atoms with E-state index in [0.29, 0.717) is 0 Å². The summed E-state index contributed by atoms with van der Waals surface area (Å²) in [7, 11) is 2.11. The van der Waals surface area contributed by atoms with Crippen LogP contribution in [0.5, 0.6) is 0 Å². The Morgan fingerprint density at radius 1 is 1.05 bits per heavy atom. The van der Waals surface area contributed by atoms with Crippen molar-refractivity contribution in [3.63, 3.8) is 0 Å². The maximum absolute atomic E-state index is 9.07. The Hall–Kier alpha value is -2.26. The normalized spacial score (nSPS) is 11.0. The Kier molecular flexibility index (Phi) is 3.67. The van der Waals surface area contributed by atoms with Crippen molar-refractivity contribution in [2.75, 3.05) is 5.32 Å². The molecule has 108 valence electrons. The Morgan fingerprint density at radius 2 is 1.76 bits per heavy atom. The molecule has 0 bridgehead atoms. The molecule has 21 heavy (non-hydrogen) atoms. The summed E-state index contributed by atoms with van der Waals surface area (Å²) in [6, 6.07) is 16.4. The Balaban J connectivity index is 1.84. The van der Waals surface area contributed by atoms with Crippen molar-refractivity contribution in [1.82, 2.24) is 4.57 Å². The highest BCUT2D eigenvalue weighted by molar-refractivity contribution is 5.85. The van der Waals surface area contributed by atoms with Crippen LogP contribution >= 0.6 is 0 Å². The van der Waals surface area contributed by atoms with Crippen LogP contribution < -0.4 is 5.32 Å². The molecule has 0 saturated heterocycles. The number of nitrogens with one attached hydrogen (secondary N) is 1. The van der Waals surface area contributed by atoms with Crippen molar-refractivity contribution < 1.29 is 5.11 Å². The number of fused-ring (bicyclic) bond motifs is 1. The van der Waals surface area contributed by atoms with Gasteiger partial charge >= 0.3 is 0 Å². The van der Waals surface area contributed by atoms with E-state index in [-0.39, 0.29) is 6.61 Å². The van der Waals surface area contributed by atoms with Crippen molar-refractivity contribution in [1.29, 1.82) is 0 Å². The minimum absolute atomic E-state index is 0.0859. The molecule has 0 aliphatic carbocycles. The van der Waals surface area contributed by atoms with Crippen LogP contribution in [0.25, 0.3) is 10.9 Å². The van der Waals surface area contributed by atoms with Gasteiger partial charge in [0, 0.05) is 29.3 Å². The number of hydrogen-bond acceptors (Lipinski definition) is 2. The lowest BCUT2D eigenvalue weighted by Crippen LogP contribution is -2.05. The maximum Gasteiger partial charge on any atom is 0.0681 e. The van der Waals surface area contributed by atoms with Crippen LogP contribution in [0.15, 0.2) is 48.5 Å². The molecule has 2 aromatic carbocycles. The summed E-state index contributed by atoms with van der Waals surface area (Å²) in [4.78, 5) is 0. The van der Waals surface area contributed by atoms with Crippen molar-refractivity contribution in [3.05, 3.63) is 65.4 Å². The fourth-order valence-corrected chi connectivity index (χ4v) is 2.80. The predicted octanol–water partition coefficient (Wildman–Crippen LogP) is 3.59. The highest BCUT2D eigenvalue weighted by atomic mass is 16.3. The maximum atomic E-state index is 9.07. The van der Waals surface area contributed by atoms with Crippen LogP contribution in [0.3, 0.4) is 0 Å². The van der Waals surface area contributed by atoms with E-state index in [0.717, 1.165) is 17.8 Å². The van der Waals surface area contributed by atoms with E-state index >= 15 is 0 Å². The Morgan fingerprint density at radius 3 is 2.43 bits per heavy atom. The van der Waals surface area contributed by atoms with Gasteiger partial charge in [0.1, 0.15) is 0 Å². The number of rotatable bonds is 4. The van der Waals surface area contributed by atoms with Gasteiger partial charge in [-0.15, -0.1) is 0 Å². The van der Waals surface area contributed by atoms with Gasteiger partial charge in [-0.2, -0.15) is 0 Å². The lowest BCUT2D eigenvalue weighted by molar-refractivity contribution is 0.282. The fraction of sp³-hybridized carbons (Fsp3) is 0.222. The largest absolute Gasteiger partial charge is 0.392 e. The predicted molar refractivity (Wildman–Crippen MR) is 87.3 cm³/mol. The molecule has 3 nitrogen and oxygen atoms in total. The van der Waals surface area contributed by atoms with Crippen molar-refractivity contribution in [3.8, 4) is 0 Å². The van der Waals surface area contributed by atoms with Crippen molar-refractivity contribution in [2.24, 2.45) is 7.05 Å². The van der Waals surface area contributed by atoms with Gasteiger partial charge in [-0.05, 0) is 36.2 Å². The zero-order chi connectivity index (χ0) is 14.8. The summed E-state index contributed by atoms with van der Waals surface area (Å²) in [5.41, 5.74) is 5.88. The van der Waals surface area contributed by atoms with Gasteiger partial charge in [-0.3, -0.25) is 0 Å². The summed E-state index contributed by atoms with van der Waals surface area (Å²) in [6.45, 7) is 3.05. The van der Waals surface area contributed by atoms with Crippen LogP contribution in [-0.4, -0.2) is 9.67 Å². The van der Waals surface area contributed by atoms with Crippen molar-refractivity contribution in [2.45, 2.75) is 20.1 Å². The zero-order valence-electron chi connectivity index (χ0n) is 12.4. The molecule has 0 atom stereocenters. The summed E-state index contributed by atoms with van der Waals surface area (Å²) in [5.74, 6) is 0. The average Bonchev–Trinajstić information content (AvgIpc) is 2.78. The summed E-state index contributed by atoms with van der Waals surface area (Å²) in [6.07, 6.45) is 0. The molecule has 2 N–H and O–H groups in total. The van der Waals surface area contributed by atoms with E-state index in [1.54, 1.807) is 0 Å². The number of aromatic nitrogens is 1. The van der Waals surface area contributed by atoms with Gasteiger partial charge in [0.15, 0.2) is 0 Å². The molecular weight excluding hydrogens is 260 g/mol. The van der Waals surface area contributed by atoms with E-state index in [9.17, 15) is 0 Å².